The molecule has 0 spiro atoms. The van der Waals surface area contributed by atoms with Gasteiger partial charge in [-0.05, 0) is 30.3 Å². The van der Waals surface area contributed by atoms with E-state index in [1.165, 1.54) is 6.20 Å². The zero-order valence-corrected chi connectivity index (χ0v) is 13.1. The van der Waals surface area contributed by atoms with Crippen molar-refractivity contribution in [1.82, 2.24) is 19.5 Å². The van der Waals surface area contributed by atoms with Crippen LogP contribution in [0.25, 0.3) is 17.2 Å². The molecule has 0 aliphatic heterocycles. The molecule has 3 rings (SSSR count). The van der Waals surface area contributed by atoms with E-state index in [0.29, 0.717) is 16.7 Å². The van der Waals surface area contributed by atoms with Crippen molar-refractivity contribution in [3.63, 3.8) is 0 Å². The van der Waals surface area contributed by atoms with E-state index in [9.17, 15) is 8.42 Å². The van der Waals surface area contributed by atoms with Crippen LogP contribution in [0.2, 0.25) is 5.02 Å². The van der Waals surface area contributed by atoms with Crippen LogP contribution in [0.1, 0.15) is 0 Å². The van der Waals surface area contributed by atoms with Gasteiger partial charge in [0.2, 0.25) is 15.0 Å². The maximum absolute atomic E-state index is 11.6. The summed E-state index contributed by atoms with van der Waals surface area (Å²) in [5, 5.41) is 0.406. The normalized spacial score (nSPS) is 11.5. The van der Waals surface area contributed by atoms with Crippen LogP contribution in [0, 0.1) is 0 Å². The minimum absolute atomic E-state index is 0.222. The van der Waals surface area contributed by atoms with E-state index < -0.39 is 9.84 Å². The van der Waals surface area contributed by atoms with Crippen LogP contribution in [0.15, 0.2) is 54.1 Å². The SMILES string of the molecule is CS(=O)(=O)c1nccc(-n2ccnc2-c2ccc(Cl)cc2)n1. The van der Waals surface area contributed by atoms with Crippen molar-refractivity contribution in [2.45, 2.75) is 5.16 Å². The van der Waals surface area contributed by atoms with Crippen molar-refractivity contribution in [3.8, 4) is 17.2 Å². The van der Waals surface area contributed by atoms with Gasteiger partial charge >= 0.3 is 0 Å². The molecule has 0 bridgehead atoms. The highest BCUT2D eigenvalue weighted by Gasteiger charge is 2.14. The van der Waals surface area contributed by atoms with E-state index in [0.717, 1.165) is 11.8 Å². The summed E-state index contributed by atoms with van der Waals surface area (Å²) in [6.45, 7) is 0. The minimum atomic E-state index is -3.47. The molecule has 0 radical (unpaired) electrons. The van der Waals surface area contributed by atoms with Gasteiger partial charge in [0.05, 0.1) is 0 Å². The predicted octanol–water partition coefficient (Wildman–Crippen LogP) is 2.39. The zero-order valence-electron chi connectivity index (χ0n) is 11.5. The smallest absolute Gasteiger partial charge is 0.248 e. The Hall–Kier alpha value is -2.25. The Balaban J connectivity index is 2.11. The molecule has 0 fully saturated rings. The Labute approximate surface area is 132 Å². The molecule has 1 aromatic carbocycles. The van der Waals surface area contributed by atoms with E-state index in [-0.39, 0.29) is 5.16 Å². The molecule has 22 heavy (non-hydrogen) atoms. The van der Waals surface area contributed by atoms with Gasteiger partial charge in [0.25, 0.3) is 0 Å². The molecule has 0 N–H and O–H groups in total. The second-order valence-corrected chi connectivity index (χ2v) is 6.94. The number of halogens is 1. The van der Waals surface area contributed by atoms with E-state index in [1.54, 1.807) is 35.2 Å². The van der Waals surface area contributed by atoms with Gasteiger partial charge in [0.15, 0.2) is 0 Å². The standard InChI is InChI=1S/C14H11ClN4O2S/c1-22(20,21)14-17-7-6-12(18-14)19-9-8-16-13(19)10-2-4-11(15)5-3-10/h2-9H,1H3. The van der Waals surface area contributed by atoms with E-state index >= 15 is 0 Å². The molecule has 0 atom stereocenters. The van der Waals surface area contributed by atoms with Crippen molar-refractivity contribution < 1.29 is 8.42 Å². The zero-order chi connectivity index (χ0) is 15.7. The fraction of sp³-hybridized carbons (Fsp3) is 0.0714. The van der Waals surface area contributed by atoms with Crippen molar-refractivity contribution in [3.05, 3.63) is 53.9 Å². The molecule has 0 amide bonds. The monoisotopic (exact) mass is 334 g/mol. The Morgan fingerprint density at radius 2 is 1.77 bits per heavy atom. The lowest BCUT2D eigenvalue weighted by Gasteiger charge is -2.08. The van der Waals surface area contributed by atoms with Crippen LogP contribution in [-0.2, 0) is 9.84 Å². The maximum Gasteiger partial charge on any atom is 0.248 e. The van der Waals surface area contributed by atoms with Crippen molar-refractivity contribution >= 4 is 21.4 Å². The minimum Gasteiger partial charge on any atom is -0.284 e. The molecule has 0 aliphatic carbocycles. The molecule has 6 nitrogen and oxygen atoms in total. The highest BCUT2D eigenvalue weighted by atomic mass is 35.5. The van der Waals surface area contributed by atoms with Crippen molar-refractivity contribution in [2.75, 3.05) is 6.26 Å². The number of imidazole rings is 1. The molecular weight excluding hydrogens is 324 g/mol. The van der Waals surface area contributed by atoms with Crippen LogP contribution < -0.4 is 0 Å². The van der Waals surface area contributed by atoms with Crippen LogP contribution in [0.3, 0.4) is 0 Å². The predicted molar refractivity (Wildman–Crippen MR) is 82.7 cm³/mol. The lowest BCUT2D eigenvalue weighted by Crippen LogP contribution is -2.07. The van der Waals surface area contributed by atoms with Gasteiger partial charge in [-0.3, -0.25) is 4.57 Å². The molecular formula is C14H11ClN4O2S. The molecule has 3 aromatic rings. The lowest BCUT2D eigenvalue weighted by atomic mass is 10.2. The first-order valence-corrected chi connectivity index (χ1v) is 8.55. The highest BCUT2D eigenvalue weighted by molar-refractivity contribution is 7.90. The second-order valence-electron chi connectivity index (χ2n) is 4.60. The van der Waals surface area contributed by atoms with E-state index in [2.05, 4.69) is 15.0 Å². The first kappa shape index (κ1) is 14.7. The third kappa shape index (κ3) is 2.86. The molecule has 112 valence electrons. The third-order valence-electron chi connectivity index (χ3n) is 2.94. The average molecular weight is 335 g/mol. The van der Waals surface area contributed by atoms with Gasteiger partial charge in [-0.1, -0.05) is 11.6 Å². The number of aromatic nitrogens is 4. The average Bonchev–Trinajstić information content (AvgIpc) is 2.97. The molecule has 0 saturated carbocycles. The van der Waals surface area contributed by atoms with Gasteiger partial charge in [0, 0.05) is 35.4 Å². The van der Waals surface area contributed by atoms with Crippen molar-refractivity contribution in [1.29, 1.82) is 0 Å². The Morgan fingerprint density at radius 3 is 2.45 bits per heavy atom. The summed E-state index contributed by atoms with van der Waals surface area (Å²) < 4.78 is 24.9. The fourth-order valence-electron chi connectivity index (χ4n) is 1.95. The van der Waals surface area contributed by atoms with Gasteiger partial charge in [0.1, 0.15) is 11.6 Å². The summed E-state index contributed by atoms with van der Waals surface area (Å²) in [5.74, 6) is 1.06. The summed E-state index contributed by atoms with van der Waals surface area (Å²) >= 11 is 5.89. The first-order valence-electron chi connectivity index (χ1n) is 6.28. The van der Waals surface area contributed by atoms with E-state index in [1.807, 2.05) is 12.1 Å². The summed E-state index contributed by atoms with van der Waals surface area (Å²) in [5.41, 5.74) is 0.842. The summed E-state index contributed by atoms with van der Waals surface area (Å²) in [6.07, 6.45) is 5.80. The second kappa shape index (κ2) is 5.51. The number of hydrogen-bond acceptors (Lipinski definition) is 5. The van der Waals surface area contributed by atoms with Crippen LogP contribution >= 0.6 is 11.6 Å². The van der Waals surface area contributed by atoms with Crippen LogP contribution in [-0.4, -0.2) is 34.2 Å². The summed E-state index contributed by atoms with van der Waals surface area (Å²) in [6, 6.07) is 8.81. The van der Waals surface area contributed by atoms with Crippen LogP contribution in [0.5, 0.6) is 0 Å². The molecule has 0 aliphatic rings. The van der Waals surface area contributed by atoms with Gasteiger partial charge in [-0.25, -0.2) is 23.4 Å². The van der Waals surface area contributed by atoms with Crippen LogP contribution in [0.4, 0.5) is 0 Å². The summed E-state index contributed by atoms with van der Waals surface area (Å²) in [7, 11) is -3.47. The highest BCUT2D eigenvalue weighted by Crippen LogP contribution is 2.22. The molecule has 0 unspecified atom stereocenters. The van der Waals surface area contributed by atoms with Crippen molar-refractivity contribution in [2.24, 2.45) is 0 Å². The molecule has 2 aromatic heterocycles. The Kier molecular flexibility index (Phi) is 3.67. The number of nitrogens with zero attached hydrogens (tertiary/aromatic N) is 4. The Bertz CT molecular complexity index is 920. The Morgan fingerprint density at radius 1 is 1.05 bits per heavy atom. The first-order chi connectivity index (χ1) is 10.4. The largest absolute Gasteiger partial charge is 0.284 e. The maximum atomic E-state index is 11.6. The van der Waals surface area contributed by atoms with Gasteiger partial charge in [-0.2, -0.15) is 0 Å². The molecule has 2 heterocycles. The van der Waals surface area contributed by atoms with Gasteiger partial charge in [-0.15, -0.1) is 0 Å². The topological polar surface area (TPSA) is 77.7 Å². The molecule has 8 heteroatoms. The number of rotatable bonds is 3. The molecule has 0 saturated heterocycles. The van der Waals surface area contributed by atoms with Gasteiger partial charge < -0.3 is 0 Å². The number of sulfone groups is 1. The summed E-state index contributed by atoms with van der Waals surface area (Å²) in [4.78, 5) is 12.2. The lowest BCUT2D eigenvalue weighted by molar-refractivity contribution is 0.592. The van der Waals surface area contributed by atoms with E-state index in [4.69, 9.17) is 11.6 Å². The fourth-order valence-corrected chi connectivity index (χ4v) is 2.58. The quantitative estimate of drug-likeness (QED) is 0.687. The number of benzene rings is 1. The number of hydrogen-bond donors (Lipinski definition) is 0. The third-order valence-corrected chi connectivity index (χ3v) is 4.05.